The van der Waals surface area contributed by atoms with Crippen LogP contribution in [-0.2, 0) is 17.9 Å². The topological polar surface area (TPSA) is 93.2 Å². The van der Waals surface area contributed by atoms with Crippen molar-refractivity contribution in [3.63, 3.8) is 0 Å². The van der Waals surface area contributed by atoms with Crippen LogP contribution in [0.15, 0.2) is 6.07 Å². The van der Waals surface area contributed by atoms with Crippen molar-refractivity contribution in [3.05, 3.63) is 17.5 Å². The van der Waals surface area contributed by atoms with Crippen LogP contribution in [-0.4, -0.2) is 46.6 Å². The Kier molecular flexibility index (Phi) is 4.32. The molecule has 7 nitrogen and oxygen atoms in total. The van der Waals surface area contributed by atoms with Crippen molar-refractivity contribution in [2.45, 2.75) is 33.4 Å². The normalized spacial score (nSPS) is 24.8. The number of nitrogens with zero attached hydrogens (tertiary/aromatic N) is 3. The van der Waals surface area contributed by atoms with E-state index in [2.05, 4.69) is 15.3 Å². The molecule has 1 fully saturated rings. The van der Waals surface area contributed by atoms with E-state index >= 15 is 0 Å². The summed E-state index contributed by atoms with van der Waals surface area (Å²) in [4.78, 5) is 24.9. The van der Waals surface area contributed by atoms with Gasteiger partial charge in [-0.1, -0.05) is 13.8 Å². The van der Waals surface area contributed by atoms with Crippen LogP contribution in [0.5, 0.6) is 0 Å². The zero-order chi connectivity index (χ0) is 15.6. The minimum Gasteiger partial charge on any atom is -0.364 e. The van der Waals surface area contributed by atoms with Gasteiger partial charge in [0.25, 0.3) is 5.91 Å². The molecule has 1 spiro atoms. The van der Waals surface area contributed by atoms with Gasteiger partial charge < -0.3 is 11.1 Å². The number of amides is 2. The van der Waals surface area contributed by atoms with Gasteiger partial charge in [-0.15, -0.1) is 0 Å². The molecule has 3 N–H and O–H groups in total. The Balaban J connectivity index is 0.000000774. The lowest BCUT2D eigenvalue weighted by molar-refractivity contribution is -0.119. The first-order valence-corrected chi connectivity index (χ1v) is 7.29. The second-order valence-electron chi connectivity index (χ2n) is 5.67. The van der Waals surface area contributed by atoms with Gasteiger partial charge in [-0.25, -0.2) is 0 Å². The number of nitrogens with two attached hydrogens (primary N) is 1. The quantitative estimate of drug-likeness (QED) is 0.760. The SMILES string of the molecule is CC.CN1Cc2cc(C(N)=O)nn2CC2(CNC(=O)C2)C1. The van der Waals surface area contributed by atoms with Crippen LogP contribution in [0.2, 0.25) is 0 Å². The standard InChI is InChI=1S/C12H17N5O2.C2H6/c1-16-4-8-2-9(11(13)19)15-17(8)7-12(6-16)3-10(18)14-5-12;1-2/h2H,3-7H2,1H3,(H2,13,19)(H,14,18);1-2H3. The fraction of sp³-hybridized carbons (Fsp3) is 0.643. The molecule has 2 amide bonds. The van der Waals surface area contributed by atoms with Gasteiger partial charge in [-0.05, 0) is 13.1 Å². The minimum atomic E-state index is -0.516. The number of carbonyl (C=O) groups excluding carboxylic acids is 2. The molecule has 0 radical (unpaired) electrons. The molecule has 1 aromatic heterocycles. The van der Waals surface area contributed by atoms with Gasteiger partial charge >= 0.3 is 0 Å². The number of fused-ring (bicyclic) bond motifs is 1. The van der Waals surface area contributed by atoms with E-state index in [-0.39, 0.29) is 17.0 Å². The molecule has 0 saturated carbocycles. The summed E-state index contributed by atoms with van der Waals surface area (Å²) >= 11 is 0. The third kappa shape index (κ3) is 3.07. The lowest BCUT2D eigenvalue weighted by Crippen LogP contribution is -2.38. The Bertz CT molecular complexity index is 554. The van der Waals surface area contributed by atoms with Gasteiger partial charge in [-0.3, -0.25) is 19.2 Å². The fourth-order valence-electron chi connectivity index (χ4n) is 3.09. The number of hydrogen-bond donors (Lipinski definition) is 2. The molecule has 1 saturated heterocycles. The molecule has 1 atom stereocenters. The van der Waals surface area contributed by atoms with Crippen LogP contribution in [0, 0.1) is 5.41 Å². The maximum Gasteiger partial charge on any atom is 0.269 e. The molecule has 3 rings (SSSR count). The van der Waals surface area contributed by atoms with E-state index in [9.17, 15) is 9.59 Å². The summed E-state index contributed by atoms with van der Waals surface area (Å²) in [7, 11) is 2.01. The highest BCUT2D eigenvalue weighted by Gasteiger charge is 2.42. The second kappa shape index (κ2) is 5.85. The first kappa shape index (κ1) is 15.5. The Morgan fingerprint density at radius 1 is 1.43 bits per heavy atom. The zero-order valence-corrected chi connectivity index (χ0v) is 12.8. The van der Waals surface area contributed by atoms with Crippen LogP contribution < -0.4 is 11.1 Å². The molecular formula is C14H23N5O2. The van der Waals surface area contributed by atoms with E-state index < -0.39 is 5.91 Å². The van der Waals surface area contributed by atoms with E-state index in [0.717, 1.165) is 12.2 Å². The van der Waals surface area contributed by atoms with Crippen LogP contribution in [0.25, 0.3) is 0 Å². The van der Waals surface area contributed by atoms with Gasteiger partial charge in [0.1, 0.15) is 5.69 Å². The fourth-order valence-corrected chi connectivity index (χ4v) is 3.09. The van der Waals surface area contributed by atoms with E-state index in [0.29, 0.717) is 26.1 Å². The lowest BCUT2D eigenvalue weighted by atomic mass is 9.86. The molecule has 3 heterocycles. The van der Waals surface area contributed by atoms with Crippen molar-refractivity contribution in [3.8, 4) is 0 Å². The largest absolute Gasteiger partial charge is 0.364 e. The molecule has 116 valence electrons. The Hall–Kier alpha value is -1.89. The lowest BCUT2D eigenvalue weighted by Gasteiger charge is -2.28. The Labute approximate surface area is 124 Å². The van der Waals surface area contributed by atoms with Crippen molar-refractivity contribution in [1.29, 1.82) is 0 Å². The van der Waals surface area contributed by atoms with Crippen molar-refractivity contribution in [2.75, 3.05) is 20.1 Å². The molecule has 1 aromatic rings. The third-order valence-electron chi connectivity index (χ3n) is 3.83. The number of nitrogens with one attached hydrogen (secondary N) is 1. The van der Waals surface area contributed by atoms with E-state index in [1.165, 1.54) is 0 Å². The first-order chi connectivity index (χ1) is 9.97. The predicted octanol–water partition coefficient (Wildman–Crippen LogP) is -0.0401. The molecule has 21 heavy (non-hydrogen) atoms. The van der Waals surface area contributed by atoms with Gasteiger partial charge in [0.05, 0.1) is 12.2 Å². The average molecular weight is 293 g/mol. The minimum absolute atomic E-state index is 0.0825. The number of carbonyl (C=O) groups is 2. The summed E-state index contributed by atoms with van der Waals surface area (Å²) in [5, 5.41) is 7.16. The third-order valence-corrected chi connectivity index (χ3v) is 3.83. The summed E-state index contributed by atoms with van der Waals surface area (Å²) in [6.45, 7) is 6.83. The monoisotopic (exact) mass is 293 g/mol. The van der Waals surface area contributed by atoms with Crippen LogP contribution in [0.3, 0.4) is 0 Å². The number of rotatable bonds is 1. The van der Waals surface area contributed by atoms with E-state index in [1.54, 1.807) is 6.07 Å². The van der Waals surface area contributed by atoms with Gasteiger partial charge in [-0.2, -0.15) is 5.10 Å². The predicted molar refractivity (Wildman–Crippen MR) is 78.5 cm³/mol. The molecular weight excluding hydrogens is 270 g/mol. The van der Waals surface area contributed by atoms with E-state index in [1.807, 2.05) is 25.6 Å². The van der Waals surface area contributed by atoms with Gasteiger partial charge in [0.2, 0.25) is 5.91 Å². The molecule has 0 aliphatic carbocycles. The van der Waals surface area contributed by atoms with Crippen molar-refractivity contribution >= 4 is 11.8 Å². The molecule has 2 aliphatic heterocycles. The summed E-state index contributed by atoms with van der Waals surface area (Å²) in [6, 6.07) is 1.74. The molecule has 0 bridgehead atoms. The highest BCUT2D eigenvalue weighted by molar-refractivity contribution is 5.90. The number of hydrogen-bond acceptors (Lipinski definition) is 4. The average Bonchev–Trinajstić information content (AvgIpc) is 2.94. The number of primary amides is 1. The zero-order valence-electron chi connectivity index (χ0n) is 12.8. The summed E-state index contributed by atoms with van der Waals surface area (Å²) in [6.07, 6.45) is 0.503. The number of aromatic nitrogens is 2. The summed E-state index contributed by atoms with van der Waals surface area (Å²) in [5.74, 6) is -0.433. The molecule has 0 aromatic carbocycles. The summed E-state index contributed by atoms with van der Waals surface area (Å²) < 4.78 is 1.82. The summed E-state index contributed by atoms with van der Waals surface area (Å²) in [5.41, 5.74) is 6.39. The second-order valence-corrected chi connectivity index (χ2v) is 5.67. The Morgan fingerprint density at radius 2 is 2.14 bits per heavy atom. The van der Waals surface area contributed by atoms with Crippen LogP contribution >= 0.6 is 0 Å². The highest BCUT2D eigenvalue weighted by Crippen LogP contribution is 2.32. The van der Waals surface area contributed by atoms with Crippen LogP contribution in [0.4, 0.5) is 0 Å². The smallest absolute Gasteiger partial charge is 0.269 e. The molecule has 7 heteroatoms. The molecule has 2 aliphatic rings. The highest BCUT2D eigenvalue weighted by atomic mass is 16.2. The van der Waals surface area contributed by atoms with E-state index in [4.69, 9.17) is 5.73 Å². The van der Waals surface area contributed by atoms with Crippen molar-refractivity contribution in [2.24, 2.45) is 11.1 Å². The Morgan fingerprint density at radius 3 is 2.71 bits per heavy atom. The maximum absolute atomic E-state index is 11.5. The molecule has 1 unspecified atom stereocenters. The van der Waals surface area contributed by atoms with Gasteiger partial charge in [0, 0.05) is 31.5 Å². The first-order valence-electron chi connectivity index (χ1n) is 7.29. The van der Waals surface area contributed by atoms with Crippen molar-refractivity contribution in [1.82, 2.24) is 20.0 Å². The maximum atomic E-state index is 11.5. The van der Waals surface area contributed by atoms with Gasteiger partial charge in [0.15, 0.2) is 0 Å². The van der Waals surface area contributed by atoms with Crippen molar-refractivity contribution < 1.29 is 9.59 Å². The van der Waals surface area contributed by atoms with Crippen LogP contribution in [0.1, 0.15) is 36.5 Å².